The molecule has 0 radical (unpaired) electrons. The van der Waals surface area contributed by atoms with Crippen molar-refractivity contribution in [1.29, 1.82) is 0 Å². The van der Waals surface area contributed by atoms with E-state index in [4.69, 9.17) is 14.7 Å². The number of halogens is 2. The molecule has 3 aliphatic rings. The van der Waals surface area contributed by atoms with Crippen LogP contribution in [0, 0.1) is 24.7 Å². The molecular formula is C56H62F2N12O7S. The van der Waals surface area contributed by atoms with Gasteiger partial charge in [0.2, 0.25) is 11.8 Å². The van der Waals surface area contributed by atoms with Crippen molar-refractivity contribution in [3.63, 3.8) is 0 Å². The first-order chi connectivity index (χ1) is 37.4. The van der Waals surface area contributed by atoms with Crippen molar-refractivity contribution in [1.82, 2.24) is 50.8 Å². The van der Waals surface area contributed by atoms with Crippen molar-refractivity contribution in [3.8, 4) is 34.6 Å². The first-order valence-electron chi connectivity index (χ1n) is 26.0. The molecule has 408 valence electrons. The average Bonchev–Trinajstić information content (AvgIpc) is 4.19. The number of nitrogens with one attached hydrogen (secondary N) is 5. The van der Waals surface area contributed by atoms with Gasteiger partial charge in [-0.3, -0.25) is 14.4 Å². The molecular weight excluding hydrogens is 1020 g/mol. The molecule has 0 unspecified atom stereocenters. The van der Waals surface area contributed by atoms with E-state index >= 15 is 0 Å². The van der Waals surface area contributed by atoms with Crippen LogP contribution < -0.4 is 36.1 Å². The molecule has 0 spiro atoms. The number of likely N-dealkylation sites (tertiary alicyclic amines) is 1. The van der Waals surface area contributed by atoms with Crippen molar-refractivity contribution in [3.05, 3.63) is 107 Å². The predicted octanol–water partition coefficient (Wildman–Crippen LogP) is 7.68. The highest BCUT2D eigenvalue weighted by Crippen LogP contribution is 2.52. The van der Waals surface area contributed by atoms with Crippen molar-refractivity contribution in [2.45, 2.75) is 95.7 Å². The van der Waals surface area contributed by atoms with E-state index in [1.165, 1.54) is 12.1 Å². The van der Waals surface area contributed by atoms with Crippen LogP contribution in [0.1, 0.15) is 92.4 Å². The lowest BCUT2D eigenvalue weighted by atomic mass is 9.94. The molecule has 78 heavy (non-hydrogen) atoms. The number of nitrogens with zero attached hydrogens (tertiary/aromatic N) is 7. The summed E-state index contributed by atoms with van der Waals surface area (Å²) in [6.45, 7) is 13.3. The third-order valence-corrected chi connectivity index (χ3v) is 14.3. The van der Waals surface area contributed by atoms with Crippen molar-refractivity contribution in [2.24, 2.45) is 5.92 Å². The van der Waals surface area contributed by atoms with Gasteiger partial charge in [-0.15, -0.1) is 13.9 Å². The summed E-state index contributed by atoms with van der Waals surface area (Å²) in [6.07, 6.45) is -0.833. The summed E-state index contributed by atoms with van der Waals surface area (Å²) in [5, 5.41) is 24.3. The van der Waals surface area contributed by atoms with E-state index in [1.54, 1.807) is 46.8 Å². The summed E-state index contributed by atoms with van der Waals surface area (Å²) in [5.74, 6) is 7.03. The standard InChI is InChI=1S/C56H62F2N12O7S/c1-6-31-78-52-65-47(59-25-26-62-53(74)77-54(3,4)5)46-48(66-52)70(68-67-46)34-37-15-13-36(14-16-37)9-8-24-60-49(71)38-20-28-69(29-21-38)30-27-61-50(72)40-11-7-10-39(32-40)45-35(2)12-19-44(63-45)64-51(73)55(22-23-55)41-17-18-42-43(33-41)76-56(57,58)75-42/h7,10-19,32-33,38H,6,20-31,34H2,1-5H3,(H,60,71)(H,61,72)(H,62,74)(H,59,65,66)(H,63,64,73). The number of hydrogen-bond acceptors (Lipinski definition) is 15. The Morgan fingerprint density at radius 1 is 0.885 bits per heavy atom. The number of pyridine rings is 1. The number of anilines is 2. The second-order valence-electron chi connectivity index (χ2n) is 20.4. The highest BCUT2D eigenvalue weighted by atomic mass is 32.2. The van der Waals surface area contributed by atoms with Crippen LogP contribution >= 0.6 is 11.8 Å². The lowest BCUT2D eigenvalue weighted by Crippen LogP contribution is -2.43. The van der Waals surface area contributed by atoms with Crippen molar-refractivity contribution in [2.75, 3.05) is 62.2 Å². The number of alkyl halides is 2. The molecule has 1 saturated heterocycles. The zero-order valence-electron chi connectivity index (χ0n) is 44.1. The summed E-state index contributed by atoms with van der Waals surface area (Å²) in [6, 6.07) is 22.9. The lowest BCUT2D eigenvalue weighted by molar-refractivity contribution is -0.286. The number of aromatic nitrogens is 6. The van der Waals surface area contributed by atoms with Gasteiger partial charge in [0.1, 0.15) is 11.4 Å². The lowest BCUT2D eigenvalue weighted by Gasteiger charge is -2.31. The van der Waals surface area contributed by atoms with Crippen LogP contribution in [0.4, 0.5) is 25.2 Å². The Balaban J connectivity index is 0.695. The number of thioether (sulfide) groups is 1. The summed E-state index contributed by atoms with van der Waals surface area (Å²) in [4.78, 5) is 68.6. The van der Waals surface area contributed by atoms with Gasteiger partial charge in [0.15, 0.2) is 33.6 Å². The monoisotopic (exact) mass is 1080 g/mol. The summed E-state index contributed by atoms with van der Waals surface area (Å²) in [7, 11) is 0. The Morgan fingerprint density at radius 2 is 1.67 bits per heavy atom. The third kappa shape index (κ3) is 13.8. The van der Waals surface area contributed by atoms with Crippen LogP contribution in [0.15, 0.2) is 84.0 Å². The van der Waals surface area contributed by atoms with Gasteiger partial charge in [-0.05, 0) is 132 Å². The zero-order chi connectivity index (χ0) is 55.0. The molecule has 9 rings (SSSR count). The number of ether oxygens (including phenoxy) is 3. The Hall–Kier alpha value is -7.90. The number of aryl methyl sites for hydroxylation is 1. The minimum absolute atomic E-state index is 0.0223. The highest BCUT2D eigenvalue weighted by Gasteiger charge is 2.53. The largest absolute Gasteiger partial charge is 0.586 e. The first-order valence-corrected chi connectivity index (χ1v) is 27.0. The van der Waals surface area contributed by atoms with Gasteiger partial charge in [-0.2, -0.15) is 0 Å². The van der Waals surface area contributed by atoms with Gasteiger partial charge in [-0.1, -0.05) is 72.1 Å². The number of amides is 4. The number of hydrogen-bond donors (Lipinski definition) is 5. The van der Waals surface area contributed by atoms with Crippen LogP contribution in [0.5, 0.6) is 11.5 Å². The van der Waals surface area contributed by atoms with Crippen molar-refractivity contribution < 1.29 is 42.2 Å². The smallest absolute Gasteiger partial charge is 0.444 e. The van der Waals surface area contributed by atoms with Gasteiger partial charge < -0.3 is 45.7 Å². The summed E-state index contributed by atoms with van der Waals surface area (Å²) < 4.78 is 43.5. The third-order valence-electron chi connectivity index (χ3n) is 13.3. The van der Waals surface area contributed by atoms with Crippen molar-refractivity contribution >= 4 is 58.4 Å². The topological polar surface area (TPSA) is 229 Å². The normalized spacial score (nSPS) is 15.4. The van der Waals surface area contributed by atoms with Crippen LogP contribution in [0.3, 0.4) is 0 Å². The molecule has 5 heterocycles. The molecule has 3 aromatic carbocycles. The maximum atomic E-state index is 13.7. The molecule has 4 amide bonds. The fraction of sp³-hybridized carbons (Fsp3) is 0.411. The number of piperidine rings is 1. The maximum Gasteiger partial charge on any atom is 0.586 e. The second-order valence-corrected chi connectivity index (χ2v) is 21.4. The molecule has 1 aliphatic carbocycles. The molecule has 0 bridgehead atoms. The fourth-order valence-corrected chi connectivity index (χ4v) is 9.77. The molecule has 3 aromatic heterocycles. The molecule has 5 N–H and O–H groups in total. The quantitative estimate of drug-likeness (QED) is 0.0227. The molecule has 19 nitrogen and oxygen atoms in total. The number of rotatable bonds is 19. The molecule has 6 aromatic rings. The minimum atomic E-state index is -3.75. The zero-order valence-corrected chi connectivity index (χ0v) is 45.0. The Bertz CT molecular complexity index is 3250. The minimum Gasteiger partial charge on any atom is -0.444 e. The van der Waals surface area contributed by atoms with Gasteiger partial charge in [0.05, 0.1) is 24.2 Å². The summed E-state index contributed by atoms with van der Waals surface area (Å²) >= 11 is 1.55. The number of carbonyl (C=O) groups excluding carboxylic acids is 4. The Kier molecular flexibility index (Phi) is 16.7. The number of alkyl carbamates (subject to hydrolysis) is 1. The van der Waals surface area contributed by atoms with Gasteiger partial charge in [0.25, 0.3) is 5.91 Å². The van der Waals surface area contributed by atoms with Gasteiger partial charge >= 0.3 is 12.4 Å². The number of benzene rings is 3. The molecule has 0 atom stereocenters. The van der Waals surface area contributed by atoms with Crippen LogP contribution in [-0.2, 0) is 26.3 Å². The molecule has 2 aliphatic heterocycles. The van der Waals surface area contributed by atoms with Gasteiger partial charge in [-0.25, -0.2) is 24.4 Å². The van der Waals surface area contributed by atoms with Crippen LogP contribution in [0.2, 0.25) is 0 Å². The van der Waals surface area contributed by atoms with E-state index in [1.807, 2.05) is 64.1 Å². The number of fused-ring (bicyclic) bond motifs is 2. The molecule has 1 saturated carbocycles. The van der Waals surface area contributed by atoms with E-state index < -0.39 is 23.4 Å². The fourth-order valence-electron chi connectivity index (χ4n) is 9.07. The Morgan fingerprint density at radius 3 is 2.42 bits per heavy atom. The van der Waals surface area contributed by atoms with E-state index in [0.29, 0.717) is 109 Å². The molecule has 2 fully saturated rings. The van der Waals surface area contributed by atoms with E-state index in [9.17, 15) is 28.0 Å². The van der Waals surface area contributed by atoms with E-state index in [2.05, 4.69) is 75.0 Å². The SMILES string of the molecule is CCCSc1nc(NCCNC(=O)OC(C)(C)C)c2nnn(Cc3ccc(C#CCNC(=O)C4CCN(CCNC(=O)c5cccc(-c6nc(NC(=O)C7(c8ccc9c(c8)OC(F)(F)O9)CC7)ccc6C)c5)CC4)cc3)c2n1. The van der Waals surface area contributed by atoms with E-state index in [-0.39, 0.29) is 41.7 Å². The average molecular weight is 1090 g/mol. The summed E-state index contributed by atoms with van der Waals surface area (Å²) in [5.41, 5.74) is 4.55. The Labute approximate surface area is 454 Å². The maximum absolute atomic E-state index is 13.7. The van der Waals surface area contributed by atoms with Crippen LogP contribution in [-0.4, -0.2) is 122 Å². The van der Waals surface area contributed by atoms with Gasteiger partial charge in [0, 0.05) is 54.5 Å². The molecule has 22 heteroatoms. The number of carbonyl (C=O) groups is 4. The highest BCUT2D eigenvalue weighted by molar-refractivity contribution is 7.99. The second kappa shape index (κ2) is 23.8. The van der Waals surface area contributed by atoms with Crippen LogP contribution in [0.25, 0.3) is 22.4 Å². The predicted molar refractivity (Wildman–Crippen MR) is 290 cm³/mol. The van der Waals surface area contributed by atoms with E-state index in [0.717, 1.165) is 42.0 Å². The first kappa shape index (κ1) is 54.9.